The maximum absolute atomic E-state index is 12.3. The molecule has 0 aliphatic heterocycles. The Morgan fingerprint density at radius 3 is 2.73 bits per heavy atom. The van der Waals surface area contributed by atoms with Crippen LogP contribution in [0.4, 0.5) is 5.82 Å². The number of benzene rings is 1. The molecule has 0 amide bonds. The minimum atomic E-state index is -3.86. The van der Waals surface area contributed by atoms with Gasteiger partial charge in [0.2, 0.25) is 0 Å². The Morgan fingerprint density at radius 1 is 1.23 bits per heavy atom. The largest absolute Gasteiger partial charge is 0.266 e. The topological polar surface area (TPSA) is 116 Å². The summed E-state index contributed by atoms with van der Waals surface area (Å²) >= 11 is 0. The van der Waals surface area contributed by atoms with Crippen LogP contribution in [0.25, 0.3) is 5.69 Å². The average molecular weight is 314 g/mol. The summed E-state index contributed by atoms with van der Waals surface area (Å²) in [7, 11) is -3.86. The molecule has 110 valence electrons. The van der Waals surface area contributed by atoms with Crippen LogP contribution in [0.5, 0.6) is 0 Å². The maximum atomic E-state index is 12.3. The van der Waals surface area contributed by atoms with Crippen LogP contribution < -0.4 is 4.72 Å². The third-order valence-corrected chi connectivity index (χ3v) is 4.19. The standard InChI is InChI=1S/C13H10N6O2S/c14-6-10-7-15-17-13(10)18-22(20,21)12-8-16-19(9-12)11-4-2-1-3-5-11/h1-5,7-9H,(H2,15,17,18). The molecule has 2 N–H and O–H groups in total. The third kappa shape index (κ3) is 2.55. The zero-order chi connectivity index (χ0) is 15.6. The van der Waals surface area contributed by atoms with Crippen molar-refractivity contribution in [2.24, 2.45) is 0 Å². The van der Waals surface area contributed by atoms with Crippen molar-refractivity contribution in [1.29, 1.82) is 5.26 Å². The summed E-state index contributed by atoms with van der Waals surface area (Å²) in [6.07, 6.45) is 3.86. The zero-order valence-corrected chi connectivity index (χ0v) is 11.9. The average Bonchev–Trinajstić information content (AvgIpc) is 3.17. The molecule has 0 radical (unpaired) electrons. The summed E-state index contributed by atoms with van der Waals surface area (Å²) in [5, 5.41) is 19.0. The molecule has 0 aliphatic rings. The van der Waals surface area contributed by atoms with E-state index in [2.05, 4.69) is 20.0 Å². The highest BCUT2D eigenvalue weighted by molar-refractivity contribution is 7.92. The number of hydrogen-bond acceptors (Lipinski definition) is 5. The van der Waals surface area contributed by atoms with Gasteiger partial charge in [-0.05, 0) is 12.1 Å². The minimum absolute atomic E-state index is 0.0187. The molecule has 0 bridgehead atoms. The lowest BCUT2D eigenvalue weighted by molar-refractivity contribution is 0.601. The number of aromatic amines is 1. The summed E-state index contributed by atoms with van der Waals surface area (Å²) < 4.78 is 28.3. The Balaban J connectivity index is 1.91. The number of anilines is 1. The van der Waals surface area contributed by atoms with E-state index in [4.69, 9.17) is 5.26 Å². The van der Waals surface area contributed by atoms with Gasteiger partial charge >= 0.3 is 0 Å². The predicted octanol–water partition coefficient (Wildman–Crippen LogP) is 1.27. The Bertz CT molecular complexity index is 936. The van der Waals surface area contributed by atoms with Gasteiger partial charge in [-0.3, -0.25) is 9.82 Å². The molecular weight excluding hydrogens is 304 g/mol. The molecule has 2 aromatic heterocycles. The van der Waals surface area contributed by atoms with Crippen molar-refractivity contribution in [3.05, 3.63) is 54.5 Å². The Kier molecular flexibility index (Phi) is 3.36. The van der Waals surface area contributed by atoms with Crippen LogP contribution in [0.2, 0.25) is 0 Å². The lowest BCUT2D eigenvalue weighted by Gasteiger charge is -2.03. The van der Waals surface area contributed by atoms with Crippen LogP contribution in [0, 0.1) is 11.3 Å². The second-order valence-electron chi connectivity index (χ2n) is 4.33. The number of sulfonamides is 1. The minimum Gasteiger partial charge on any atom is -0.263 e. The lowest BCUT2D eigenvalue weighted by Crippen LogP contribution is -2.13. The summed E-state index contributed by atoms with van der Waals surface area (Å²) in [6, 6.07) is 11.0. The highest BCUT2D eigenvalue weighted by Gasteiger charge is 2.19. The van der Waals surface area contributed by atoms with Crippen LogP contribution >= 0.6 is 0 Å². The monoisotopic (exact) mass is 314 g/mol. The van der Waals surface area contributed by atoms with E-state index in [1.807, 2.05) is 24.3 Å². The summed E-state index contributed by atoms with van der Waals surface area (Å²) in [5.41, 5.74) is 0.849. The number of nitrogens with one attached hydrogen (secondary N) is 2. The van der Waals surface area contributed by atoms with E-state index in [1.165, 1.54) is 23.3 Å². The van der Waals surface area contributed by atoms with Gasteiger partial charge in [-0.1, -0.05) is 18.2 Å². The highest BCUT2D eigenvalue weighted by atomic mass is 32.2. The van der Waals surface area contributed by atoms with Gasteiger partial charge in [0, 0.05) is 0 Å². The number of nitriles is 1. The van der Waals surface area contributed by atoms with Crippen molar-refractivity contribution >= 4 is 15.8 Å². The van der Waals surface area contributed by atoms with Gasteiger partial charge < -0.3 is 0 Å². The number of para-hydroxylation sites is 1. The van der Waals surface area contributed by atoms with Crippen LogP contribution in [0.15, 0.2) is 53.8 Å². The van der Waals surface area contributed by atoms with Crippen LogP contribution in [0.1, 0.15) is 5.56 Å². The number of H-pyrrole nitrogens is 1. The molecule has 9 heteroatoms. The van der Waals surface area contributed by atoms with E-state index in [1.54, 1.807) is 12.1 Å². The van der Waals surface area contributed by atoms with Gasteiger partial charge in [0.1, 0.15) is 16.5 Å². The fraction of sp³-hybridized carbons (Fsp3) is 0. The zero-order valence-electron chi connectivity index (χ0n) is 11.1. The van der Waals surface area contributed by atoms with Gasteiger partial charge in [-0.25, -0.2) is 13.1 Å². The number of nitrogens with zero attached hydrogens (tertiary/aromatic N) is 4. The summed E-state index contributed by atoms with van der Waals surface area (Å²) in [4.78, 5) is -0.0187. The second kappa shape index (κ2) is 5.34. The van der Waals surface area contributed by atoms with E-state index >= 15 is 0 Å². The quantitative estimate of drug-likeness (QED) is 0.752. The van der Waals surface area contributed by atoms with Crippen molar-refractivity contribution in [2.75, 3.05) is 4.72 Å². The number of rotatable bonds is 4. The van der Waals surface area contributed by atoms with Crippen molar-refractivity contribution in [2.45, 2.75) is 4.90 Å². The van der Waals surface area contributed by atoms with E-state index in [-0.39, 0.29) is 16.3 Å². The Morgan fingerprint density at radius 2 is 2.00 bits per heavy atom. The van der Waals surface area contributed by atoms with Crippen LogP contribution in [-0.2, 0) is 10.0 Å². The number of hydrogen-bond donors (Lipinski definition) is 2. The van der Waals surface area contributed by atoms with Crippen LogP contribution in [0.3, 0.4) is 0 Å². The lowest BCUT2D eigenvalue weighted by atomic mass is 10.3. The molecule has 1 aromatic carbocycles. The second-order valence-corrected chi connectivity index (χ2v) is 6.01. The van der Waals surface area contributed by atoms with Gasteiger partial charge in [-0.2, -0.15) is 15.5 Å². The van der Waals surface area contributed by atoms with Gasteiger partial charge in [0.25, 0.3) is 10.0 Å². The van der Waals surface area contributed by atoms with E-state index in [9.17, 15) is 8.42 Å². The molecule has 3 aromatic rings. The Labute approximate surface area is 126 Å². The van der Waals surface area contributed by atoms with Crippen molar-refractivity contribution in [3.8, 4) is 11.8 Å². The molecule has 8 nitrogen and oxygen atoms in total. The normalized spacial score (nSPS) is 11.0. The smallest absolute Gasteiger partial charge is 0.263 e. The highest BCUT2D eigenvalue weighted by Crippen LogP contribution is 2.17. The van der Waals surface area contributed by atoms with Crippen molar-refractivity contribution < 1.29 is 8.42 Å². The van der Waals surface area contributed by atoms with E-state index < -0.39 is 10.0 Å². The molecule has 22 heavy (non-hydrogen) atoms. The molecule has 3 rings (SSSR count). The fourth-order valence-electron chi connectivity index (χ4n) is 1.81. The molecule has 0 atom stereocenters. The first-order chi connectivity index (χ1) is 10.6. The Hall–Kier alpha value is -3.12. The molecule has 2 heterocycles. The van der Waals surface area contributed by atoms with E-state index in [0.717, 1.165) is 5.69 Å². The summed E-state index contributed by atoms with van der Waals surface area (Å²) in [6.45, 7) is 0. The first-order valence-corrected chi connectivity index (χ1v) is 7.65. The molecule has 0 saturated carbocycles. The molecule has 0 fully saturated rings. The molecular formula is C13H10N6O2S. The molecule has 0 aliphatic carbocycles. The van der Waals surface area contributed by atoms with E-state index in [0.29, 0.717) is 0 Å². The van der Waals surface area contributed by atoms with Gasteiger partial charge in [-0.15, -0.1) is 0 Å². The number of aromatic nitrogens is 4. The SMILES string of the molecule is N#Cc1cn[nH]c1NS(=O)(=O)c1cnn(-c2ccccc2)c1. The molecule has 0 unspecified atom stereocenters. The maximum Gasteiger partial charge on any atom is 0.266 e. The third-order valence-electron chi connectivity index (χ3n) is 2.89. The van der Waals surface area contributed by atoms with Crippen molar-refractivity contribution in [3.63, 3.8) is 0 Å². The fourth-order valence-corrected chi connectivity index (χ4v) is 2.78. The van der Waals surface area contributed by atoms with Gasteiger partial charge in [0.15, 0.2) is 5.82 Å². The molecule has 0 spiro atoms. The van der Waals surface area contributed by atoms with Gasteiger partial charge in [0.05, 0.1) is 24.3 Å². The summed E-state index contributed by atoms with van der Waals surface area (Å²) in [5.74, 6) is 0.0231. The molecule has 0 saturated heterocycles. The van der Waals surface area contributed by atoms with Crippen LogP contribution in [-0.4, -0.2) is 28.4 Å². The first kappa shape index (κ1) is 13.8. The first-order valence-electron chi connectivity index (χ1n) is 6.16. The predicted molar refractivity (Wildman–Crippen MR) is 77.7 cm³/mol. The van der Waals surface area contributed by atoms with Crippen molar-refractivity contribution in [1.82, 2.24) is 20.0 Å².